The molecule has 0 aromatic rings. The molecule has 1 saturated carbocycles. The first-order chi connectivity index (χ1) is 8.52. The SMILES string of the molecule is CCOC(=O)CCC(=O)N[C@@H](CC1CC1)C(N)=O. The molecule has 6 heteroatoms. The zero-order chi connectivity index (χ0) is 13.5. The second-order valence-electron chi connectivity index (χ2n) is 4.51. The maximum atomic E-state index is 11.5. The monoisotopic (exact) mass is 256 g/mol. The van der Waals surface area contributed by atoms with Gasteiger partial charge in [0.15, 0.2) is 0 Å². The minimum Gasteiger partial charge on any atom is -0.466 e. The largest absolute Gasteiger partial charge is 0.466 e. The van der Waals surface area contributed by atoms with Gasteiger partial charge >= 0.3 is 5.97 Å². The number of primary amides is 1. The van der Waals surface area contributed by atoms with Gasteiger partial charge in [0, 0.05) is 6.42 Å². The van der Waals surface area contributed by atoms with Crippen molar-refractivity contribution in [2.24, 2.45) is 11.7 Å². The zero-order valence-corrected chi connectivity index (χ0v) is 10.6. The lowest BCUT2D eigenvalue weighted by molar-refractivity contribution is -0.144. The lowest BCUT2D eigenvalue weighted by atomic mass is 10.1. The molecule has 0 aromatic carbocycles. The predicted molar refractivity (Wildman–Crippen MR) is 64.3 cm³/mol. The Labute approximate surface area is 106 Å². The molecule has 1 aliphatic rings. The summed E-state index contributed by atoms with van der Waals surface area (Å²) in [5, 5.41) is 2.56. The summed E-state index contributed by atoms with van der Waals surface area (Å²) in [7, 11) is 0. The van der Waals surface area contributed by atoms with Crippen molar-refractivity contribution in [2.75, 3.05) is 6.61 Å². The number of hydrogen-bond acceptors (Lipinski definition) is 4. The Balaban J connectivity index is 2.27. The lowest BCUT2D eigenvalue weighted by Gasteiger charge is -2.14. The Kier molecular flexibility index (Phi) is 5.61. The van der Waals surface area contributed by atoms with E-state index < -0.39 is 17.9 Å². The summed E-state index contributed by atoms with van der Waals surface area (Å²) in [6, 6.07) is -0.618. The molecule has 1 atom stereocenters. The number of amides is 2. The molecule has 102 valence electrons. The molecule has 0 unspecified atom stereocenters. The summed E-state index contributed by atoms with van der Waals surface area (Å²) in [6.45, 7) is 2.00. The van der Waals surface area contributed by atoms with Crippen LogP contribution in [0.1, 0.15) is 39.0 Å². The van der Waals surface area contributed by atoms with Crippen molar-refractivity contribution in [3.8, 4) is 0 Å². The van der Waals surface area contributed by atoms with Gasteiger partial charge in [0.25, 0.3) is 0 Å². The number of esters is 1. The molecule has 3 N–H and O–H groups in total. The van der Waals surface area contributed by atoms with E-state index in [1.807, 2.05) is 0 Å². The maximum absolute atomic E-state index is 11.5. The van der Waals surface area contributed by atoms with Crippen molar-refractivity contribution in [3.05, 3.63) is 0 Å². The Bertz CT molecular complexity index is 326. The fraction of sp³-hybridized carbons (Fsp3) is 0.750. The fourth-order valence-electron chi connectivity index (χ4n) is 1.65. The van der Waals surface area contributed by atoms with E-state index >= 15 is 0 Å². The summed E-state index contributed by atoms with van der Waals surface area (Å²) < 4.78 is 4.71. The summed E-state index contributed by atoms with van der Waals surface area (Å²) >= 11 is 0. The smallest absolute Gasteiger partial charge is 0.306 e. The molecule has 0 heterocycles. The van der Waals surface area contributed by atoms with Crippen molar-refractivity contribution in [3.63, 3.8) is 0 Å². The Hall–Kier alpha value is -1.59. The van der Waals surface area contributed by atoms with Gasteiger partial charge in [0.1, 0.15) is 6.04 Å². The van der Waals surface area contributed by atoms with Gasteiger partial charge in [-0.2, -0.15) is 0 Å². The number of carbonyl (C=O) groups is 3. The maximum Gasteiger partial charge on any atom is 0.306 e. The van der Waals surface area contributed by atoms with Gasteiger partial charge in [-0.1, -0.05) is 12.8 Å². The minimum absolute atomic E-state index is 0.0211. The quantitative estimate of drug-likeness (QED) is 0.602. The van der Waals surface area contributed by atoms with Crippen LogP contribution in [0.2, 0.25) is 0 Å². The van der Waals surface area contributed by atoms with Gasteiger partial charge in [-0.15, -0.1) is 0 Å². The average molecular weight is 256 g/mol. The highest BCUT2D eigenvalue weighted by Gasteiger charge is 2.29. The van der Waals surface area contributed by atoms with Gasteiger partial charge in [-0.3, -0.25) is 14.4 Å². The van der Waals surface area contributed by atoms with Crippen LogP contribution in [-0.2, 0) is 19.1 Å². The lowest BCUT2D eigenvalue weighted by Crippen LogP contribution is -2.44. The van der Waals surface area contributed by atoms with Crippen LogP contribution in [0.15, 0.2) is 0 Å². The molecule has 1 rings (SSSR count). The molecular formula is C12H20N2O4. The summed E-state index contributed by atoms with van der Waals surface area (Å²) in [5.74, 6) is -0.780. The topological polar surface area (TPSA) is 98.5 Å². The van der Waals surface area contributed by atoms with Gasteiger partial charge < -0.3 is 15.8 Å². The molecule has 0 spiro atoms. The number of nitrogens with two attached hydrogens (primary N) is 1. The van der Waals surface area contributed by atoms with E-state index in [1.54, 1.807) is 6.92 Å². The molecule has 18 heavy (non-hydrogen) atoms. The summed E-state index contributed by atoms with van der Waals surface area (Å²) in [4.78, 5) is 33.8. The van der Waals surface area contributed by atoms with Crippen LogP contribution in [0.3, 0.4) is 0 Å². The number of nitrogens with one attached hydrogen (secondary N) is 1. The molecule has 0 aliphatic heterocycles. The highest BCUT2D eigenvalue weighted by atomic mass is 16.5. The van der Waals surface area contributed by atoms with Gasteiger partial charge in [0.05, 0.1) is 13.0 Å². The molecule has 0 saturated heterocycles. The third kappa shape index (κ3) is 5.65. The number of rotatable bonds is 8. The van der Waals surface area contributed by atoms with Crippen molar-refractivity contribution in [2.45, 2.75) is 45.1 Å². The predicted octanol–water partition coefficient (Wildman–Crippen LogP) is 0.0999. The van der Waals surface area contributed by atoms with Gasteiger partial charge in [0.2, 0.25) is 11.8 Å². The van der Waals surface area contributed by atoms with Gasteiger partial charge in [-0.05, 0) is 19.3 Å². The molecular weight excluding hydrogens is 236 g/mol. The van der Waals surface area contributed by atoms with Crippen LogP contribution < -0.4 is 11.1 Å². The first kappa shape index (κ1) is 14.5. The third-order valence-corrected chi connectivity index (χ3v) is 2.81. The number of hydrogen-bond donors (Lipinski definition) is 2. The normalized spacial score (nSPS) is 15.8. The number of carbonyl (C=O) groups excluding carboxylic acids is 3. The second kappa shape index (κ2) is 6.98. The van der Waals surface area contributed by atoms with Crippen LogP contribution in [0.4, 0.5) is 0 Å². The molecule has 2 amide bonds. The van der Waals surface area contributed by atoms with E-state index in [4.69, 9.17) is 10.5 Å². The van der Waals surface area contributed by atoms with E-state index in [-0.39, 0.29) is 18.7 Å². The van der Waals surface area contributed by atoms with Crippen molar-refractivity contribution in [1.82, 2.24) is 5.32 Å². The Morgan fingerprint density at radius 2 is 2.00 bits per heavy atom. The zero-order valence-electron chi connectivity index (χ0n) is 10.6. The van der Waals surface area contributed by atoms with Crippen molar-refractivity contribution < 1.29 is 19.1 Å². The van der Waals surface area contributed by atoms with Crippen LogP contribution in [0, 0.1) is 5.92 Å². The van der Waals surface area contributed by atoms with E-state index in [2.05, 4.69) is 5.32 Å². The van der Waals surface area contributed by atoms with Crippen molar-refractivity contribution >= 4 is 17.8 Å². The van der Waals surface area contributed by atoms with E-state index in [0.717, 1.165) is 12.8 Å². The second-order valence-corrected chi connectivity index (χ2v) is 4.51. The molecule has 0 aromatic heterocycles. The fourth-order valence-corrected chi connectivity index (χ4v) is 1.65. The third-order valence-electron chi connectivity index (χ3n) is 2.81. The van der Waals surface area contributed by atoms with Crippen LogP contribution in [0.25, 0.3) is 0 Å². The van der Waals surface area contributed by atoms with Gasteiger partial charge in [-0.25, -0.2) is 0 Å². The highest BCUT2D eigenvalue weighted by Crippen LogP contribution is 2.33. The first-order valence-electron chi connectivity index (χ1n) is 6.27. The Morgan fingerprint density at radius 1 is 1.33 bits per heavy atom. The standard InChI is InChI=1S/C12H20N2O4/c1-2-18-11(16)6-5-10(15)14-9(12(13)17)7-8-3-4-8/h8-9H,2-7H2,1H3,(H2,13,17)(H,14,15)/t9-/m0/s1. The molecule has 1 fully saturated rings. The Morgan fingerprint density at radius 3 is 2.50 bits per heavy atom. The molecule has 0 radical (unpaired) electrons. The van der Waals surface area contributed by atoms with E-state index in [9.17, 15) is 14.4 Å². The first-order valence-corrected chi connectivity index (χ1v) is 6.27. The van der Waals surface area contributed by atoms with E-state index in [0.29, 0.717) is 18.9 Å². The molecule has 6 nitrogen and oxygen atoms in total. The summed E-state index contributed by atoms with van der Waals surface area (Å²) in [5.41, 5.74) is 5.22. The molecule has 0 bridgehead atoms. The average Bonchev–Trinajstić information content (AvgIpc) is 3.09. The van der Waals surface area contributed by atoms with Crippen LogP contribution in [0.5, 0.6) is 0 Å². The van der Waals surface area contributed by atoms with Crippen LogP contribution >= 0.6 is 0 Å². The number of ether oxygens (including phenoxy) is 1. The molecule has 1 aliphatic carbocycles. The minimum atomic E-state index is -0.618. The van der Waals surface area contributed by atoms with Crippen LogP contribution in [-0.4, -0.2) is 30.4 Å². The summed E-state index contributed by atoms with van der Waals surface area (Å²) in [6.07, 6.45) is 2.81. The van der Waals surface area contributed by atoms with E-state index in [1.165, 1.54) is 0 Å². The highest BCUT2D eigenvalue weighted by molar-refractivity contribution is 5.87. The van der Waals surface area contributed by atoms with Crippen molar-refractivity contribution in [1.29, 1.82) is 0 Å².